The van der Waals surface area contributed by atoms with Gasteiger partial charge in [-0.3, -0.25) is 9.59 Å². The van der Waals surface area contributed by atoms with Gasteiger partial charge in [0.15, 0.2) is 0 Å². The van der Waals surface area contributed by atoms with E-state index in [2.05, 4.69) is 37.4 Å². The van der Waals surface area contributed by atoms with Gasteiger partial charge in [-0.2, -0.15) is 0 Å². The first-order valence-electron chi connectivity index (χ1n) is 13.6. The van der Waals surface area contributed by atoms with E-state index in [1.807, 2.05) is 65.6 Å². The molecule has 2 amide bonds. The predicted octanol–water partition coefficient (Wildman–Crippen LogP) is 4.86. The number of benzene rings is 3. The Balaban J connectivity index is 1.27. The van der Waals surface area contributed by atoms with Crippen LogP contribution in [0.4, 0.5) is 5.69 Å². The number of thioether (sulfide) groups is 1. The smallest absolute Gasteiger partial charge is 0.265 e. The molecule has 3 aromatic carbocycles. The largest absolute Gasteiger partial charge is 0.346 e. The molecule has 0 saturated carbocycles. The van der Waals surface area contributed by atoms with E-state index in [0.29, 0.717) is 29.6 Å². The number of piperidine rings is 1. The second-order valence-electron chi connectivity index (χ2n) is 10.3. The fourth-order valence-electron chi connectivity index (χ4n) is 5.32. The molecule has 0 spiro atoms. The number of nitrogens with one attached hydrogen (secondary N) is 2. The molecule has 6 heteroatoms. The highest BCUT2D eigenvalue weighted by Gasteiger charge is 2.29. The van der Waals surface area contributed by atoms with Crippen LogP contribution in [0.1, 0.15) is 53.2 Å². The average Bonchev–Trinajstić information content (AvgIpc) is 2.93. The molecule has 2 N–H and O–H groups in total. The van der Waals surface area contributed by atoms with Gasteiger partial charge in [-0.1, -0.05) is 60.3 Å². The molecule has 38 heavy (non-hydrogen) atoms. The van der Waals surface area contributed by atoms with E-state index in [1.165, 1.54) is 43.1 Å². The normalized spacial score (nSPS) is 20.3. The van der Waals surface area contributed by atoms with Crippen LogP contribution in [0.25, 0.3) is 6.08 Å². The van der Waals surface area contributed by atoms with Gasteiger partial charge in [0.2, 0.25) is 0 Å². The van der Waals surface area contributed by atoms with Gasteiger partial charge in [0.05, 0.1) is 42.8 Å². The Hall–Kier alpha value is -3.35. The van der Waals surface area contributed by atoms with Crippen LogP contribution in [0.5, 0.6) is 0 Å². The second-order valence-corrected chi connectivity index (χ2v) is 11.4. The molecule has 2 atom stereocenters. The summed E-state index contributed by atoms with van der Waals surface area (Å²) in [6.45, 7) is 7.76. The summed E-state index contributed by atoms with van der Waals surface area (Å²) in [7, 11) is 0. The molecule has 1 saturated heterocycles. The van der Waals surface area contributed by atoms with Crippen LogP contribution >= 0.6 is 11.8 Å². The number of para-hydroxylation sites is 1. The Morgan fingerprint density at radius 3 is 2.61 bits per heavy atom. The van der Waals surface area contributed by atoms with E-state index in [9.17, 15) is 9.59 Å². The van der Waals surface area contributed by atoms with Crippen LogP contribution in [0.3, 0.4) is 0 Å². The average molecular weight is 527 g/mol. The molecule has 0 aliphatic carbocycles. The van der Waals surface area contributed by atoms with Crippen molar-refractivity contribution in [1.82, 2.24) is 5.32 Å². The minimum Gasteiger partial charge on any atom is -0.346 e. The number of aryl methyl sites for hydroxylation is 1. The molecule has 2 aliphatic heterocycles. The number of hydrogen-bond donors (Lipinski definition) is 2. The summed E-state index contributed by atoms with van der Waals surface area (Å²) in [6.07, 6.45) is 5.80. The summed E-state index contributed by atoms with van der Waals surface area (Å²) in [5.74, 6) is -0.0528. The molecule has 0 radical (unpaired) electrons. The fraction of sp³-hybridized carbons (Fsp3) is 0.312. The first-order valence-corrected chi connectivity index (χ1v) is 14.4. The van der Waals surface area contributed by atoms with Crippen molar-refractivity contribution in [3.05, 3.63) is 100.0 Å². The van der Waals surface area contributed by atoms with Crippen LogP contribution in [0.2, 0.25) is 0 Å². The lowest BCUT2D eigenvalue weighted by Gasteiger charge is -2.31. The van der Waals surface area contributed by atoms with Crippen molar-refractivity contribution >= 4 is 35.3 Å². The predicted molar refractivity (Wildman–Crippen MR) is 155 cm³/mol. The van der Waals surface area contributed by atoms with Crippen molar-refractivity contribution in [3.8, 4) is 0 Å². The van der Waals surface area contributed by atoms with Crippen molar-refractivity contribution in [2.24, 2.45) is 0 Å². The molecule has 3 aromatic rings. The summed E-state index contributed by atoms with van der Waals surface area (Å²) in [5, 5.41) is 3.08. The molecule has 0 bridgehead atoms. The van der Waals surface area contributed by atoms with E-state index in [1.54, 1.807) is 4.90 Å². The van der Waals surface area contributed by atoms with E-state index >= 15 is 0 Å². The molecule has 1 fully saturated rings. The Morgan fingerprint density at radius 2 is 1.82 bits per heavy atom. The number of likely N-dealkylation sites (tertiary alicyclic amines) is 1. The SMILES string of the molecule is Cc1ccccc1CN1C(=O)C(=Cc2ccc(C(=O)NCC[NH+]3CCCCC3C)cc2)Sc2ccccc21. The minimum absolute atomic E-state index is 0.00628. The Bertz CT molecular complexity index is 1330. The van der Waals surface area contributed by atoms with Crippen molar-refractivity contribution in [2.75, 3.05) is 24.5 Å². The number of carbonyl (C=O) groups is 2. The van der Waals surface area contributed by atoms with Gasteiger partial charge in [0, 0.05) is 10.5 Å². The topological polar surface area (TPSA) is 53.9 Å². The minimum atomic E-state index is -0.0466. The maximum Gasteiger partial charge on any atom is 0.265 e. The highest BCUT2D eigenvalue weighted by atomic mass is 32.2. The van der Waals surface area contributed by atoms with Gasteiger partial charge >= 0.3 is 0 Å². The van der Waals surface area contributed by atoms with E-state index in [-0.39, 0.29) is 11.8 Å². The number of hydrogen-bond acceptors (Lipinski definition) is 3. The van der Waals surface area contributed by atoms with Crippen molar-refractivity contribution in [3.63, 3.8) is 0 Å². The van der Waals surface area contributed by atoms with E-state index < -0.39 is 0 Å². The molecular weight excluding hydrogens is 490 g/mol. The molecular formula is C32H36N3O2S+. The third-order valence-electron chi connectivity index (χ3n) is 7.71. The third-order valence-corrected chi connectivity index (χ3v) is 8.78. The van der Waals surface area contributed by atoms with Crippen molar-refractivity contribution < 1.29 is 14.5 Å². The van der Waals surface area contributed by atoms with E-state index in [0.717, 1.165) is 28.3 Å². The molecule has 196 valence electrons. The molecule has 2 aliphatic rings. The van der Waals surface area contributed by atoms with Gasteiger partial charge in [0.25, 0.3) is 11.8 Å². The lowest BCUT2D eigenvalue weighted by Crippen LogP contribution is -3.16. The molecule has 2 heterocycles. The molecule has 5 nitrogen and oxygen atoms in total. The Labute approximate surface area is 229 Å². The number of fused-ring (bicyclic) bond motifs is 1. The number of rotatable bonds is 7. The second kappa shape index (κ2) is 12.0. The number of anilines is 1. The number of quaternary nitrogens is 1. The lowest BCUT2D eigenvalue weighted by atomic mass is 10.0. The summed E-state index contributed by atoms with van der Waals surface area (Å²) in [4.78, 5) is 31.5. The summed E-state index contributed by atoms with van der Waals surface area (Å²) in [5.41, 5.74) is 4.79. The number of nitrogens with zero attached hydrogens (tertiary/aromatic N) is 1. The standard InChI is InChI=1S/C32H35N3O2S/c1-23-9-3-4-11-27(23)22-35-28-12-5-6-13-29(28)38-30(32(35)37)21-25-14-16-26(17-15-25)31(36)33-18-20-34-19-8-7-10-24(34)2/h3-6,9,11-17,21,24H,7-8,10,18-20,22H2,1-2H3,(H,33,36)/p+1. The number of carbonyl (C=O) groups excluding carboxylic acids is 2. The zero-order chi connectivity index (χ0) is 26.5. The van der Waals surface area contributed by atoms with Gasteiger partial charge in [0.1, 0.15) is 0 Å². The first kappa shape index (κ1) is 26.3. The maximum absolute atomic E-state index is 13.6. The van der Waals surface area contributed by atoms with Gasteiger partial charge < -0.3 is 15.1 Å². The Morgan fingerprint density at radius 1 is 1.05 bits per heavy atom. The number of amides is 2. The zero-order valence-electron chi connectivity index (χ0n) is 22.2. The van der Waals surface area contributed by atoms with Gasteiger partial charge in [-0.15, -0.1) is 0 Å². The summed E-state index contributed by atoms with van der Waals surface area (Å²) in [6, 6.07) is 24.4. The van der Waals surface area contributed by atoms with Gasteiger partial charge in [-0.25, -0.2) is 0 Å². The maximum atomic E-state index is 13.6. The van der Waals surface area contributed by atoms with Crippen LogP contribution in [0.15, 0.2) is 82.6 Å². The lowest BCUT2D eigenvalue weighted by molar-refractivity contribution is -0.927. The zero-order valence-corrected chi connectivity index (χ0v) is 23.0. The van der Waals surface area contributed by atoms with Crippen LogP contribution < -0.4 is 15.1 Å². The van der Waals surface area contributed by atoms with E-state index in [4.69, 9.17) is 0 Å². The van der Waals surface area contributed by atoms with Crippen LogP contribution in [-0.4, -0.2) is 37.5 Å². The monoisotopic (exact) mass is 526 g/mol. The van der Waals surface area contributed by atoms with Crippen LogP contribution in [-0.2, 0) is 11.3 Å². The third kappa shape index (κ3) is 6.03. The molecule has 2 unspecified atom stereocenters. The van der Waals surface area contributed by atoms with Gasteiger partial charge in [-0.05, 0) is 80.1 Å². The van der Waals surface area contributed by atoms with Crippen LogP contribution in [0, 0.1) is 6.92 Å². The van der Waals surface area contributed by atoms with Crippen molar-refractivity contribution in [1.29, 1.82) is 0 Å². The summed E-state index contributed by atoms with van der Waals surface area (Å²) < 4.78 is 0. The quantitative estimate of drug-likeness (QED) is 0.432. The summed E-state index contributed by atoms with van der Waals surface area (Å²) >= 11 is 1.50. The van der Waals surface area contributed by atoms with Crippen molar-refractivity contribution in [2.45, 2.75) is 50.6 Å². The highest BCUT2D eigenvalue weighted by molar-refractivity contribution is 8.04. The molecule has 0 aromatic heterocycles. The Kier molecular flexibility index (Phi) is 8.30. The first-order chi connectivity index (χ1) is 18.5. The molecule has 5 rings (SSSR count). The fourth-order valence-corrected chi connectivity index (χ4v) is 6.38. The highest BCUT2D eigenvalue weighted by Crippen LogP contribution is 2.42.